The molecule has 1 aliphatic carbocycles. The molecule has 2 aromatic heterocycles. The monoisotopic (exact) mass is 413 g/mol. The fourth-order valence-electron chi connectivity index (χ4n) is 4.17. The second kappa shape index (κ2) is 7.52. The molecule has 1 aliphatic heterocycles. The van der Waals surface area contributed by atoms with Crippen molar-refractivity contribution in [3.63, 3.8) is 0 Å². The number of nitrogens with zero attached hydrogens (tertiary/aromatic N) is 1. The standard InChI is InChI=1S/C22H27N3O3S/c1-5-6-9-29-21-24-19-18(20(27)25-21)17(15-8-7-12(2)28-15)16-13(23-19)10-22(3,4)11-14(16)26/h7-8,17H,5-6,9-11H2,1-4H3,(H2,23,24,25,27). The van der Waals surface area contributed by atoms with Gasteiger partial charge < -0.3 is 14.7 Å². The molecule has 0 aromatic carbocycles. The zero-order chi connectivity index (χ0) is 20.8. The molecular formula is C22H27N3O3S. The van der Waals surface area contributed by atoms with Crippen molar-refractivity contribution >= 4 is 23.4 Å². The van der Waals surface area contributed by atoms with Crippen LogP contribution in [0.2, 0.25) is 0 Å². The van der Waals surface area contributed by atoms with Crippen molar-refractivity contribution in [3.8, 4) is 0 Å². The number of H-pyrrole nitrogens is 1. The topological polar surface area (TPSA) is 88.0 Å². The van der Waals surface area contributed by atoms with Gasteiger partial charge in [0, 0.05) is 23.4 Å². The summed E-state index contributed by atoms with van der Waals surface area (Å²) in [5, 5.41) is 3.94. The van der Waals surface area contributed by atoms with Gasteiger partial charge >= 0.3 is 0 Å². The molecule has 6 nitrogen and oxygen atoms in total. The van der Waals surface area contributed by atoms with Gasteiger partial charge in [0.15, 0.2) is 10.9 Å². The van der Waals surface area contributed by atoms with Gasteiger partial charge in [-0.05, 0) is 37.3 Å². The van der Waals surface area contributed by atoms with Crippen LogP contribution in [0.25, 0.3) is 0 Å². The molecule has 7 heteroatoms. The van der Waals surface area contributed by atoms with E-state index in [2.05, 4.69) is 31.1 Å². The summed E-state index contributed by atoms with van der Waals surface area (Å²) in [6, 6.07) is 3.72. The van der Waals surface area contributed by atoms with Crippen molar-refractivity contribution in [2.75, 3.05) is 11.1 Å². The van der Waals surface area contributed by atoms with Crippen molar-refractivity contribution < 1.29 is 9.21 Å². The van der Waals surface area contributed by atoms with Crippen LogP contribution in [0.15, 0.2) is 37.8 Å². The van der Waals surface area contributed by atoms with E-state index in [1.165, 1.54) is 0 Å². The molecule has 0 saturated heterocycles. The molecule has 0 radical (unpaired) electrons. The number of carbonyl (C=O) groups is 1. The summed E-state index contributed by atoms with van der Waals surface area (Å²) in [6.45, 7) is 8.18. The zero-order valence-corrected chi connectivity index (χ0v) is 18.2. The first-order valence-corrected chi connectivity index (χ1v) is 11.1. The predicted octanol–water partition coefficient (Wildman–Crippen LogP) is 4.76. The van der Waals surface area contributed by atoms with Crippen molar-refractivity contribution in [1.29, 1.82) is 0 Å². The molecule has 3 heterocycles. The van der Waals surface area contributed by atoms with Crippen LogP contribution in [0.1, 0.15) is 69.5 Å². The van der Waals surface area contributed by atoms with Gasteiger partial charge in [-0.15, -0.1) is 0 Å². The van der Waals surface area contributed by atoms with Crippen LogP contribution < -0.4 is 10.9 Å². The average molecular weight is 414 g/mol. The summed E-state index contributed by atoms with van der Waals surface area (Å²) in [7, 11) is 0. The number of furan rings is 1. The summed E-state index contributed by atoms with van der Waals surface area (Å²) in [6.07, 6.45) is 3.34. The lowest BCUT2D eigenvalue weighted by Crippen LogP contribution is -2.36. The van der Waals surface area contributed by atoms with Gasteiger partial charge in [-0.2, -0.15) is 0 Å². The van der Waals surface area contributed by atoms with E-state index in [1.54, 1.807) is 11.8 Å². The van der Waals surface area contributed by atoms with Gasteiger partial charge in [-0.3, -0.25) is 9.59 Å². The Bertz CT molecular complexity index is 1050. The first-order valence-electron chi connectivity index (χ1n) is 10.2. The number of Topliss-reactive ketones (excluding diaryl/α,β-unsaturated/α-hetero) is 1. The van der Waals surface area contributed by atoms with Crippen molar-refractivity contribution in [2.24, 2.45) is 5.41 Å². The summed E-state index contributed by atoms with van der Waals surface area (Å²) in [4.78, 5) is 33.8. The summed E-state index contributed by atoms with van der Waals surface area (Å²) in [5.74, 6) is 2.35. The molecule has 4 rings (SSSR count). The lowest BCUT2D eigenvalue weighted by atomic mass is 9.70. The number of aryl methyl sites for hydroxylation is 1. The number of carbonyl (C=O) groups excluding carboxylic acids is 1. The molecule has 2 aromatic rings. The Morgan fingerprint density at radius 1 is 1.28 bits per heavy atom. The fraction of sp³-hybridized carbons (Fsp3) is 0.500. The van der Waals surface area contributed by atoms with Crippen molar-refractivity contribution in [1.82, 2.24) is 9.97 Å². The second-order valence-electron chi connectivity index (χ2n) is 8.67. The number of unbranched alkanes of at least 4 members (excludes halogenated alkanes) is 1. The Morgan fingerprint density at radius 2 is 2.07 bits per heavy atom. The molecule has 2 N–H and O–H groups in total. The minimum Gasteiger partial charge on any atom is -0.465 e. The Morgan fingerprint density at radius 3 is 2.76 bits per heavy atom. The first kappa shape index (κ1) is 20.0. The number of thioether (sulfide) groups is 1. The lowest BCUT2D eigenvalue weighted by molar-refractivity contribution is -0.118. The number of nitrogens with one attached hydrogen (secondary N) is 2. The number of allylic oxidation sites excluding steroid dienone is 2. The van der Waals surface area contributed by atoms with Gasteiger partial charge in [0.2, 0.25) is 0 Å². The van der Waals surface area contributed by atoms with Crippen LogP contribution in [0.3, 0.4) is 0 Å². The van der Waals surface area contributed by atoms with E-state index < -0.39 is 5.92 Å². The van der Waals surface area contributed by atoms with Gasteiger partial charge in [0.25, 0.3) is 5.56 Å². The minimum atomic E-state index is -0.524. The van der Waals surface area contributed by atoms with E-state index in [1.807, 2.05) is 19.1 Å². The highest BCUT2D eigenvalue weighted by Gasteiger charge is 2.43. The van der Waals surface area contributed by atoms with Crippen molar-refractivity contribution in [2.45, 2.75) is 64.5 Å². The van der Waals surface area contributed by atoms with E-state index in [0.717, 1.165) is 36.5 Å². The van der Waals surface area contributed by atoms with E-state index in [4.69, 9.17) is 9.40 Å². The maximum absolute atomic E-state index is 13.1. The lowest BCUT2D eigenvalue weighted by Gasteiger charge is -2.37. The van der Waals surface area contributed by atoms with Crippen LogP contribution in [-0.2, 0) is 4.79 Å². The molecule has 154 valence electrons. The molecule has 2 aliphatic rings. The molecule has 0 bridgehead atoms. The third-order valence-corrected chi connectivity index (χ3v) is 6.44. The number of hydrogen-bond donors (Lipinski definition) is 2. The smallest absolute Gasteiger partial charge is 0.257 e. The third-order valence-electron chi connectivity index (χ3n) is 5.48. The molecule has 0 spiro atoms. The molecule has 1 unspecified atom stereocenters. The maximum Gasteiger partial charge on any atom is 0.257 e. The number of ketones is 1. The molecule has 0 saturated carbocycles. The van der Waals surface area contributed by atoms with Crippen molar-refractivity contribution in [3.05, 3.63) is 50.8 Å². The molecule has 0 amide bonds. The molecule has 1 atom stereocenters. The quantitative estimate of drug-likeness (QED) is 0.417. The highest BCUT2D eigenvalue weighted by atomic mass is 32.2. The van der Waals surface area contributed by atoms with Gasteiger partial charge in [0.1, 0.15) is 17.3 Å². The summed E-state index contributed by atoms with van der Waals surface area (Å²) >= 11 is 1.55. The van der Waals surface area contributed by atoms with Crippen LogP contribution in [-0.4, -0.2) is 21.5 Å². The highest BCUT2D eigenvalue weighted by molar-refractivity contribution is 7.99. The Kier molecular flexibility index (Phi) is 5.19. The Labute approximate surface area is 174 Å². The Hall–Kier alpha value is -2.28. The number of fused-ring (bicyclic) bond motifs is 1. The van der Waals surface area contributed by atoms with E-state index in [9.17, 15) is 9.59 Å². The minimum absolute atomic E-state index is 0.0641. The number of anilines is 1. The summed E-state index contributed by atoms with van der Waals surface area (Å²) in [5.41, 5.74) is 1.62. The van der Waals surface area contributed by atoms with Gasteiger partial charge in [0.05, 0.1) is 11.5 Å². The number of hydrogen-bond acceptors (Lipinski definition) is 6. The van der Waals surface area contributed by atoms with Crippen LogP contribution in [0.5, 0.6) is 0 Å². The second-order valence-corrected chi connectivity index (χ2v) is 9.76. The SMILES string of the molecule is CCCCSc1nc2c(c(=O)[nH]1)C(c1ccc(C)o1)C1=C(CC(C)(C)CC1=O)N2. The summed E-state index contributed by atoms with van der Waals surface area (Å²) < 4.78 is 5.89. The van der Waals surface area contributed by atoms with Crippen LogP contribution in [0.4, 0.5) is 5.82 Å². The highest BCUT2D eigenvalue weighted by Crippen LogP contribution is 2.47. The fourth-order valence-corrected chi connectivity index (χ4v) is 5.11. The van der Waals surface area contributed by atoms with Crippen LogP contribution in [0, 0.1) is 12.3 Å². The van der Waals surface area contributed by atoms with Crippen LogP contribution >= 0.6 is 11.8 Å². The molecular weight excluding hydrogens is 386 g/mol. The molecule has 29 heavy (non-hydrogen) atoms. The van der Waals surface area contributed by atoms with Gasteiger partial charge in [-0.1, -0.05) is 39.0 Å². The maximum atomic E-state index is 13.1. The third kappa shape index (κ3) is 3.80. The Balaban J connectivity index is 1.85. The normalized spacial score (nSPS) is 20.3. The number of aromatic amines is 1. The number of aromatic nitrogens is 2. The van der Waals surface area contributed by atoms with E-state index in [0.29, 0.717) is 34.3 Å². The van der Waals surface area contributed by atoms with E-state index >= 15 is 0 Å². The predicted molar refractivity (Wildman–Crippen MR) is 114 cm³/mol. The van der Waals surface area contributed by atoms with Gasteiger partial charge in [-0.25, -0.2) is 4.98 Å². The number of rotatable bonds is 5. The molecule has 0 fully saturated rings. The first-order chi connectivity index (χ1) is 13.8. The average Bonchev–Trinajstić information content (AvgIpc) is 3.05. The van der Waals surface area contributed by atoms with E-state index in [-0.39, 0.29) is 16.8 Å². The largest absolute Gasteiger partial charge is 0.465 e. The zero-order valence-electron chi connectivity index (χ0n) is 17.3.